The number of hydrogen-bond acceptors (Lipinski definition) is 5. The molecule has 0 bridgehead atoms. The van der Waals surface area contributed by atoms with Crippen molar-refractivity contribution in [1.29, 1.82) is 0 Å². The average molecular weight is 429 g/mol. The molecule has 6 nitrogen and oxygen atoms in total. The number of oxazole rings is 1. The van der Waals surface area contributed by atoms with E-state index in [2.05, 4.69) is 16.5 Å². The van der Waals surface area contributed by atoms with Gasteiger partial charge in [-0.05, 0) is 30.7 Å². The van der Waals surface area contributed by atoms with Crippen LogP contribution in [0.4, 0.5) is 4.39 Å². The third-order valence-corrected chi connectivity index (χ3v) is 5.74. The van der Waals surface area contributed by atoms with Crippen LogP contribution in [0.3, 0.4) is 0 Å². The largest absolute Gasteiger partial charge is 0.444 e. The Labute approximate surface area is 186 Å². The Morgan fingerprint density at radius 1 is 1.09 bits per heavy atom. The van der Waals surface area contributed by atoms with Crippen LogP contribution in [0.25, 0.3) is 22.8 Å². The van der Waals surface area contributed by atoms with Crippen molar-refractivity contribution in [1.82, 2.24) is 24.6 Å². The van der Waals surface area contributed by atoms with Gasteiger partial charge in [-0.15, -0.1) is 0 Å². The van der Waals surface area contributed by atoms with Crippen LogP contribution >= 0.6 is 0 Å². The standard InChI is InChI=1S/C25H24FN5O/c1-16-13-20(9-10-21(16)26)24-28-25(19-7-5-4-6-8-19)31(29-24)14-17(2)30-12-11-22-23(15-30)32-18(3)27-22/h4-10,13H,2,11-12,14-15H2,1,3H3. The highest BCUT2D eigenvalue weighted by Crippen LogP contribution is 2.27. The van der Waals surface area contributed by atoms with Gasteiger partial charge in [0.2, 0.25) is 0 Å². The Hall–Kier alpha value is -3.74. The zero-order valence-electron chi connectivity index (χ0n) is 18.2. The van der Waals surface area contributed by atoms with Crippen molar-refractivity contribution in [3.8, 4) is 22.8 Å². The first-order valence-corrected chi connectivity index (χ1v) is 10.6. The molecule has 2 aromatic carbocycles. The molecule has 162 valence electrons. The molecular formula is C25H24FN5O. The quantitative estimate of drug-likeness (QED) is 0.450. The molecule has 7 heteroatoms. The number of benzene rings is 2. The van der Waals surface area contributed by atoms with E-state index in [1.807, 2.05) is 41.9 Å². The van der Waals surface area contributed by atoms with Gasteiger partial charge in [0, 0.05) is 36.7 Å². The molecule has 5 rings (SSSR count). The molecule has 3 heterocycles. The Morgan fingerprint density at radius 2 is 1.91 bits per heavy atom. The van der Waals surface area contributed by atoms with E-state index in [4.69, 9.17) is 14.5 Å². The van der Waals surface area contributed by atoms with E-state index in [-0.39, 0.29) is 5.82 Å². The summed E-state index contributed by atoms with van der Waals surface area (Å²) in [6.07, 6.45) is 0.828. The van der Waals surface area contributed by atoms with Gasteiger partial charge in [-0.3, -0.25) is 0 Å². The number of aryl methyl sites for hydroxylation is 2. The predicted molar refractivity (Wildman–Crippen MR) is 120 cm³/mol. The van der Waals surface area contributed by atoms with Crippen LogP contribution in [0.2, 0.25) is 0 Å². The summed E-state index contributed by atoms with van der Waals surface area (Å²) in [4.78, 5) is 11.5. The van der Waals surface area contributed by atoms with Gasteiger partial charge < -0.3 is 9.32 Å². The van der Waals surface area contributed by atoms with Crippen molar-refractivity contribution < 1.29 is 8.81 Å². The van der Waals surface area contributed by atoms with Crippen molar-refractivity contribution in [2.75, 3.05) is 6.54 Å². The van der Waals surface area contributed by atoms with E-state index < -0.39 is 0 Å². The van der Waals surface area contributed by atoms with E-state index in [9.17, 15) is 4.39 Å². The third-order valence-electron chi connectivity index (χ3n) is 5.74. The Bertz CT molecular complexity index is 1290. The Balaban J connectivity index is 1.46. The van der Waals surface area contributed by atoms with Crippen LogP contribution in [-0.2, 0) is 19.5 Å². The van der Waals surface area contributed by atoms with Crippen LogP contribution in [0.5, 0.6) is 0 Å². The lowest BCUT2D eigenvalue weighted by Crippen LogP contribution is -2.31. The fraction of sp³-hybridized carbons (Fsp3) is 0.240. The molecule has 1 aliphatic heterocycles. The zero-order chi connectivity index (χ0) is 22.2. The van der Waals surface area contributed by atoms with Gasteiger partial charge in [-0.2, -0.15) is 5.10 Å². The summed E-state index contributed by atoms with van der Waals surface area (Å²) >= 11 is 0. The average Bonchev–Trinajstić information content (AvgIpc) is 3.38. The summed E-state index contributed by atoms with van der Waals surface area (Å²) in [7, 11) is 0. The minimum absolute atomic E-state index is 0.239. The van der Waals surface area contributed by atoms with Gasteiger partial charge in [0.15, 0.2) is 17.5 Å². The summed E-state index contributed by atoms with van der Waals surface area (Å²) in [5.41, 5.74) is 4.27. The van der Waals surface area contributed by atoms with Crippen LogP contribution < -0.4 is 0 Å². The zero-order valence-corrected chi connectivity index (χ0v) is 18.2. The van der Waals surface area contributed by atoms with Gasteiger partial charge >= 0.3 is 0 Å². The fourth-order valence-electron chi connectivity index (χ4n) is 4.03. The normalized spacial score (nSPS) is 13.3. The highest BCUT2D eigenvalue weighted by Gasteiger charge is 2.23. The number of aromatic nitrogens is 4. The van der Waals surface area contributed by atoms with Crippen LogP contribution in [0.1, 0.15) is 22.9 Å². The number of halogens is 1. The molecule has 0 unspecified atom stereocenters. The number of fused-ring (bicyclic) bond motifs is 1. The first-order valence-electron chi connectivity index (χ1n) is 10.6. The lowest BCUT2D eigenvalue weighted by molar-refractivity contribution is 0.270. The summed E-state index contributed by atoms with van der Waals surface area (Å²) in [6.45, 7) is 9.90. The highest BCUT2D eigenvalue weighted by atomic mass is 19.1. The molecule has 0 saturated carbocycles. The van der Waals surface area contributed by atoms with Gasteiger partial charge in [-0.1, -0.05) is 36.9 Å². The van der Waals surface area contributed by atoms with Crippen molar-refractivity contribution in [2.45, 2.75) is 33.4 Å². The van der Waals surface area contributed by atoms with Crippen molar-refractivity contribution in [2.24, 2.45) is 0 Å². The molecule has 32 heavy (non-hydrogen) atoms. The highest BCUT2D eigenvalue weighted by molar-refractivity contribution is 5.62. The fourth-order valence-corrected chi connectivity index (χ4v) is 4.03. The molecule has 0 N–H and O–H groups in total. The predicted octanol–water partition coefficient (Wildman–Crippen LogP) is 4.93. The molecule has 1 aliphatic rings. The smallest absolute Gasteiger partial charge is 0.191 e. The lowest BCUT2D eigenvalue weighted by Gasteiger charge is -2.29. The maximum absolute atomic E-state index is 13.8. The molecule has 0 fully saturated rings. The summed E-state index contributed by atoms with van der Waals surface area (Å²) in [5.74, 6) is 2.67. The van der Waals surface area contributed by atoms with E-state index in [1.165, 1.54) is 6.07 Å². The number of hydrogen-bond donors (Lipinski definition) is 0. The van der Waals surface area contributed by atoms with E-state index in [1.54, 1.807) is 19.1 Å². The van der Waals surface area contributed by atoms with Crippen LogP contribution in [0, 0.1) is 19.7 Å². The van der Waals surface area contributed by atoms with Crippen molar-refractivity contribution >= 4 is 0 Å². The lowest BCUT2D eigenvalue weighted by atomic mass is 10.1. The molecule has 0 saturated heterocycles. The SMILES string of the molecule is C=C(Cn1nc(-c2ccc(F)c(C)c2)nc1-c1ccccc1)N1CCc2nc(C)oc2C1. The van der Waals surface area contributed by atoms with Crippen LogP contribution in [0.15, 0.2) is 65.2 Å². The first kappa shape index (κ1) is 20.2. The summed E-state index contributed by atoms with van der Waals surface area (Å²) < 4.78 is 21.4. The van der Waals surface area contributed by atoms with Gasteiger partial charge in [0.05, 0.1) is 18.8 Å². The molecule has 0 atom stereocenters. The molecule has 0 spiro atoms. The van der Waals surface area contributed by atoms with Gasteiger partial charge in [0.25, 0.3) is 0 Å². The Morgan fingerprint density at radius 3 is 2.69 bits per heavy atom. The topological polar surface area (TPSA) is 60.0 Å². The number of nitrogens with zero attached hydrogens (tertiary/aromatic N) is 5. The second kappa shape index (κ2) is 8.07. The first-order chi connectivity index (χ1) is 15.5. The molecule has 2 aromatic heterocycles. The Kier molecular flexibility index (Phi) is 5.09. The maximum Gasteiger partial charge on any atom is 0.191 e. The summed E-state index contributed by atoms with van der Waals surface area (Å²) in [5, 5.41) is 4.77. The van der Waals surface area contributed by atoms with E-state index >= 15 is 0 Å². The molecule has 0 aliphatic carbocycles. The second-order valence-electron chi connectivity index (χ2n) is 8.09. The third kappa shape index (κ3) is 3.82. The van der Waals surface area contributed by atoms with Gasteiger partial charge in [0.1, 0.15) is 11.6 Å². The number of rotatable bonds is 5. The van der Waals surface area contributed by atoms with Crippen LogP contribution in [-0.4, -0.2) is 31.2 Å². The minimum atomic E-state index is -0.239. The molecular weight excluding hydrogens is 405 g/mol. The van der Waals surface area contributed by atoms with E-state index in [0.717, 1.165) is 47.1 Å². The van der Waals surface area contributed by atoms with Crippen molar-refractivity contribution in [3.63, 3.8) is 0 Å². The minimum Gasteiger partial charge on any atom is -0.444 e. The number of allylic oxidation sites excluding steroid dienone is 1. The van der Waals surface area contributed by atoms with Gasteiger partial charge in [-0.25, -0.2) is 19.0 Å². The van der Waals surface area contributed by atoms with E-state index in [0.29, 0.717) is 30.4 Å². The molecule has 0 radical (unpaired) electrons. The molecule has 4 aromatic rings. The maximum atomic E-state index is 13.8. The van der Waals surface area contributed by atoms with Crippen molar-refractivity contribution in [3.05, 3.63) is 89.5 Å². The monoisotopic (exact) mass is 429 g/mol. The second-order valence-corrected chi connectivity index (χ2v) is 8.09. The summed E-state index contributed by atoms with van der Waals surface area (Å²) in [6, 6.07) is 14.9. The molecule has 0 amide bonds.